The number of anilines is 1. The average Bonchev–Trinajstić information content (AvgIpc) is 3.10. The van der Waals surface area contributed by atoms with Crippen LogP contribution in [-0.2, 0) is 0 Å². The molecule has 1 aromatic heterocycles. The maximum absolute atomic E-state index is 9.28. The minimum absolute atomic E-state index is 0.277. The number of methoxy groups -OCH3 is 1. The van der Waals surface area contributed by atoms with E-state index < -0.39 is 11.5 Å². The normalized spacial score (nSPS) is 10.1. The van der Waals surface area contributed by atoms with Crippen LogP contribution in [0.25, 0.3) is 11.3 Å². The van der Waals surface area contributed by atoms with Gasteiger partial charge in [0.2, 0.25) is 5.54 Å². The van der Waals surface area contributed by atoms with Crippen molar-refractivity contribution in [2.45, 2.75) is 5.54 Å². The van der Waals surface area contributed by atoms with E-state index in [2.05, 4.69) is 10.3 Å². The van der Waals surface area contributed by atoms with Gasteiger partial charge in [-0.15, -0.1) is 11.3 Å². The van der Waals surface area contributed by atoms with E-state index in [-0.39, 0.29) is 5.13 Å². The quantitative estimate of drug-likeness (QED) is 0.889. The Balaban J connectivity index is 2.30. The van der Waals surface area contributed by atoms with Crippen molar-refractivity contribution in [1.29, 1.82) is 21.0 Å². The fourth-order valence-electron chi connectivity index (χ4n) is 1.90. The van der Waals surface area contributed by atoms with Crippen molar-refractivity contribution < 1.29 is 4.74 Å². The third-order valence-electron chi connectivity index (χ3n) is 3.24. The van der Waals surface area contributed by atoms with Crippen LogP contribution in [0.15, 0.2) is 29.6 Å². The Morgan fingerprint density at radius 1 is 1.12 bits per heavy atom. The summed E-state index contributed by atoms with van der Waals surface area (Å²) in [6, 6.07) is 14.0. The van der Waals surface area contributed by atoms with Crippen LogP contribution < -0.4 is 10.1 Å². The topological polar surface area (TPSA) is 129 Å². The highest BCUT2D eigenvalue weighted by molar-refractivity contribution is 7.14. The Labute approximate surface area is 142 Å². The summed E-state index contributed by atoms with van der Waals surface area (Å²) >= 11 is 1.18. The summed E-state index contributed by atoms with van der Waals surface area (Å²) in [5.74, 6) is -0.730. The molecule has 0 aliphatic rings. The molecule has 116 valence electrons. The van der Waals surface area contributed by atoms with Gasteiger partial charge in [-0.3, -0.25) is 0 Å². The van der Waals surface area contributed by atoms with E-state index >= 15 is 0 Å². The van der Waals surface area contributed by atoms with Crippen molar-refractivity contribution in [3.63, 3.8) is 0 Å². The Morgan fingerprint density at radius 2 is 1.75 bits per heavy atom. The van der Waals surface area contributed by atoms with Gasteiger partial charge in [-0.1, -0.05) is 0 Å². The van der Waals surface area contributed by atoms with Gasteiger partial charge in [0.05, 0.1) is 24.9 Å². The second-order valence-corrected chi connectivity index (χ2v) is 5.47. The van der Waals surface area contributed by atoms with Crippen molar-refractivity contribution in [3.8, 4) is 41.3 Å². The summed E-state index contributed by atoms with van der Waals surface area (Å²) in [6.45, 7) is 0. The second kappa shape index (κ2) is 7.11. The van der Waals surface area contributed by atoms with Crippen molar-refractivity contribution in [3.05, 3.63) is 29.6 Å². The fraction of sp³-hybridized carbons (Fsp3) is 0.188. The highest BCUT2D eigenvalue weighted by atomic mass is 32.1. The number of hydrogen-bond donors (Lipinski definition) is 1. The summed E-state index contributed by atoms with van der Waals surface area (Å²) < 4.78 is 5.09. The molecule has 1 aromatic carbocycles. The number of nitrogens with zero attached hydrogens (tertiary/aromatic N) is 5. The number of thiazole rings is 1. The first kappa shape index (κ1) is 16.8. The highest BCUT2D eigenvalue weighted by Crippen LogP contribution is 2.29. The van der Waals surface area contributed by atoms with Gasteiger partial charge >= 0.3 is 0 Å². The molecule has 7 nitrogen and oxygen atoms in total. The van der Waals surface area contributed by atoms with Crippen molar-refractivity contribution >= 4 is 16.5 Å². The number of aromatic nitrogens is 1. The van der Waals surface area contributed by atoms with Crippen LogP contribution in [0, 0.1) is 51.2 Å². The maximum Gasteiger partial charge on any atom is 0.243 e. The van der Waals surface area contributed by atoms with Crippen LogP contribution >= 0.6 is 11.3 Å². The van der Waals surface area contributed by atoms with Crippen LogP contribution in [0.2, 0.25) is 0 Å². The number of benzene rings is 1. The smallest absolute Gasteiger partial charge is 0.243 e. The summed E-state index contributed by atoms with van der Waals surface area (Å²) in [4.78, 5) is 4.31. The van der Waals surface area contributed by atoms with E-state index in [0.717, 1.165) is 5.56 Å². The van der Waals surface area contributed by atoms with Crippen molar-refractivity contribution in [1.82, 2.24) is 4.98 Å². The van der Waals surface area contributed by atoms with Gasteiger partial charge in [0, 0.05) is 10.9 Å². The van der Waals surface area contributed by atoms with E-state index in [0.29, 0.717) is 11.4 Å². The molecule has 2 rings (SSSR count). The fourth-order valence-corrected chi connectivity index (χ4v) is 2.68. The Bertz CT molecular complexity index is 863. The Morgan fingerprint density at radius 3 is 2.25 bits per heavy atom. The average molecular weight is 334 g/mol. The van der Waals surface area contributed by atoms with Gasteiger partial charge in [0.1, 0.15) is 17.9 Å². The minimum Gasteiger partial charge on any atom is -0.497 e. The minimum atomic E-state index is -1.97. The third kappa shape index (κ3) is 3.10. The molecule has 2 aromatic rings. The summed E-state index contributed by atoms with van der Waals surface area (Å²) in [7, 11) is 1.57. The third-order valence-corrected chi connectivity index (χ3v) is 4.00. The number of ether oxygens (including phenoxy) is 1. The van der Waals surface area contributed by atoms with E-state index in [1.807, 2.05) is 12.1 Å². The van der Waals surface area contributed by atoms with E-state index in [1.165, 1.54) is 11.3 Å². The zero-order chi connectivity index (χ0) is 17.6. The zero-order valence-electron chi connectivity index (χ0n) is 12.5. The van der Waals surface area contributed by atoms with Crippen LogP contribution in [0.4, 0.5) is 5.13 Å². The molecular weight excluding hydrogens is 324 g/mol. The molecule has 1 heterocycles. The first-order chi connectivity index (χ1) is 11.6. The number of nitrogens with one attached hydrogen (secondary N) is 1. The van der Waals surface area contributed by atoms with Crippen LogP contribution in [0.3, 0.4) is 0 Å². The molecule has 24 heavy (non-hydrogen) atoms. The van der Waals surface area contributed by atoms with Gasteiger partial charge in [-0.25, -0.2) is 4.98 Å². The standard InChI is InChI=1S/C16H10N6OS/c1-23-13-4-2-11(3-5-13)14-8-24-15(21-14)22-16(9-19,10-20)12(6-17)7-18/h2-5,8,12H,1H3,(H,21,22). The molecule has 0 aliphatic carbocycles. The van der Waals surface area contributed by atoms with Gasteiger partial charge in [-0.2, -0.15) is 21.0 Å². The molecule has 0 atom stereocenters. The maximum atomic E-state index is 9.28. The largest absolute Gasteiger partial charge is 0.497 e. The molecular formula is C16H10N6OS. The molecule has 0 spiro atoms. The summed E-state index contributed by atoms with van der Waals surface area (Å²) in [6.07, 6.45) is 0. The molecule has 8 heteroatoms. The Hall–Kier alpha value is -3.59. The predicted octanol–water partition coefficient (Wildman–Crippen LogP) is 2.68. The zero-order valence-corrected chi connectivity index (χ0v) is 13.3. The lowest BCUT2D eigenvalue weighted by molar-refractivity contribution is 0.415. The molecule has 1 N–H and O–H groups in total. The van der Waals surface area contributed by atoms with E-state index in [4.69, 9.17) is 15.3 Å². The van der Waals surface area contributed by atoms with Gasteiger partial charge in [0.15, 0.2) is 11.0 Å². The highest BCUT2D eigenvalue weighted by Gasteiger charge is 2.41. The van der Waals surface area contributed by atoms with Gasteiger partial charge < -0.3 is 10.1 Å². The lowest BCUT2D eigenvalue weighted by Crippen LogP contribution is -2.42. The molecule has 0 radical (unpaired) electrons. The van der Waals surface area contributed by atoms with Crippen LogP contribution in [-0.4, -0.2) is 17.6 Å². The molecule has 0 fully saturated rings. The van der Waals surface area contributed by atoms with Gasteiger partial charge in [-0.05, 0) is 24.3 Å². The van der Waals surface area contributed by atoms with Crippen molar-refractivity contribution in [2.24, 2.45) is 5.92 Å². The summed E-state index contributed by atoms with van der Waals surface area (Å²) in [5.41, 5.74) is -0.504. The molecule has 0 saturated carbocycles. The second-order valence-electron chi connectivity index (χ2n) is 4.61. The monoisotopic (exact) mass is 334 g/mol. The van der Waals surface area contributed by atoms with E-state index in [9.17, 15) is 10.5 Å². The van der Waals surface area contributed by atoms with Crippen molar-refractivity contribution in [2.75, 3.05) is 12.4 Å². The first-order valence-electron chi connectivity index (χ1n) is 6.62. The number of rotatable bonds is 5. The number of hydrogen-bond acceptors (Lipinski definition) is 8. The predicted molar refractivity (Wildman–Crippen MR) is 86.4 cm³/mol. The molecule has 0 aliphatic heterocycles. The van der Waals surface area contributed by atoms with Crippen LogP contribution in [0.1, 0.15) is 0 Å². The molecule has 0 saturated heterocycles. The molecule has 0 unspecified atom stereocenters. The first-order valence-corrected chi connectivity index (χ1v) is 7.50. The van der Waals surface area contributed by atoms with E-state index in [1.54, 1.807) is 48.9 Å². The van der Waals surface area contributed by atoms with Gasteiger partial charge in [0.25, 0.3) is 0 Å². The summed E-state index contributed by atoms with van der Waals surface area (Å²) in [5, 5.41) is 41.2. The number of nitriles is 4. The molecule has 0 amide bonds. The Kier molecular flexibility index (Phi) is 4.97. The van der Waals surface area contributed by atoms with Crippen LogP contribution in [0.5, 0.6) is 5.75 Å². The lowest BCUT2D eigenvalue weighted by Gasteiger charge is -2.19. The SMILES string of the molecule is COc1ccc(-c2csc(NC(C#N)(C#N)C(C#N)C#N)n2)cc1. The molecule has 0 bridgehead atoms. The lowest BCUT2D eigenvalue weighted by atomic mass is 9.89.